The fourth-order valence-corrected chi connectivity index (χ4v) is 4.27. The Labute approximate surface area is 128 Å². The molecule has 0 radical (unpaired) electrons. The number of aryl methyl sites for hydroxylation is 2. The minimum atomic E-state index is -0.159. The van der Waals surface area contributed by atoms with E-state index in [1.54, 1.807) is 13.8 Å². The highest BCUT2D eigenvalue weighted by atomic mass is 79.9. The van der Waals surface area contributed by atoms with Crippen LogP contribution in [0.1, 0.15) is 27.1 Å². The molecular formula is C13H10BrCl2FS. The van der Waals surface area contributed by atoms with E-state index < -0.39 is 0 Å². The van der Waals surface area contributed by atoms with Crippen molar-refractivity contribution in [1.29, 1.82) is 0 Å². The number of rotatable bonds is 2. The molecule has 96 valence electrons. The number of thiophene rings is 1. The number of halogens is 4. The largest absolute Gasteiger partial charge is 0.206 e. The summed E-state index contributed by atoms with van der Waals surface area (Å²) in [7, 11) is 0. The summed E-state index contributed by atoms with van der Waals surface area (Å²) in [6, 6.07) is 5.48. The molecule has 1 aromatic heterocycles. The molecule has 0 nitrogen and oxygen atoms in total. The first-order valence-corrected chi connectivity index (χ1v) is 7.74. The highest BCUT2D eigenvalue weighted by Gasteiger charge is 2.18. The van der Waals surface area contributed by atoms with E-state index in [1.807, 2.05) is 18.2 Å². The van der Waals surface area contributed by atoms with Crippen LogP contribution in [0.3, 0.4) is 0 Å². The van der Waals surface area contributed by atoms with Crippen molar-refractivity contribution in [3.05, 3.63) is 54.9 Å². The van der Waals surface area contributed by atoms with E-state index in [0.29, 0.717) is 19.8 Å². The molecule has 2 aromatic rings. The lowest BCUT2D eigenvalue weighted by atomic mass is 10.0. The van der Waals surface area contributed by atoms with Gasteiger partial charge in [0.05, 0.1) is 13.5 Å². The van der Waals surface area contributed by atoms with Gasteiger partial charge in [-0.3, -0.25) is 0 Å². The third kappa shape index (κ3) is 2.74. The van der Waals surface area contributed by atoms with Crippen LogP contribution in [0.15, 0.2) is 18.2 Å². The molecule has 0 bridgehead atoms. The lowest BCUT2D eigenvalue weighted by Gasteiger charge is -2.12. The number of alkyl halides is 1. The Kier molecular flexibility index (Phi) is 4.37. The third-order valence-corrected chi connectivity index (χ3v) is 5.25. The molecule has 0 saturated carbocycles. The van der Waals surface area contributed by atoms with Gasteiger partial charge in [-0.15, -0.1) is 11.3 Å². The lowest BCUT2D eigenvalue weighted by molar-refractivity contribution is 0.608. The van der Waals surface area contributed by atoms with E-state index in [2.05, 4.69) is 15.9 Å². The number of hydrogen-bond donors (Lipinski definition) is 0. The molecule has 0 aliphatic heterocycles. The summed E-state index contributed by atoms with van der Waals surface area (Å²) in [5.41, 5.74) is 3.15. The molecule has 0 saturated heterocycles. The Morgan fingerprint density at radius 1 is 1.17 bits per heavy atom. The maximum Gasteiger partial charge on any atom is 0.129 e. The Morgan fingerprint density at radius 3 is 2.17 bits per heavy atom. The Balaban J connectivity index is 2.46. The van der Waals surface area contributed by atoms with Crippen molar-refractivity contribution in [2.45, 2.75) is 18.7 Å². The SMILES string of the molecule is Cc1cc(C(Br)c2cc(Cl)sc2Cl)cc(C)c1F. The second-order valence-electron chi connectivity index (χ2n) is 4.11. The van der Waals surface area contributed by atoms with Gasteiger partial charge in [-0.25, -0.2) is 4.39 Å². The summed E-state index contributed by atoms with van der Waals surface area (Å²) in [5, 5.41) is 0. The van der Waals surface area contributed by atoms with Crippen molar-refractivity contribution in [3.63, 3.8) is 0 Å². The van der Waals surface area contributed by atoms with Crippen molar-refractivity contribution in [3.8, 4) is 0 Å². The zero-order valence-corrected chi connectivity index (χ0v) is 13.6. The van der Waals surface area contributed by atoms with E-state index in [1.165, 1.54) is 11.3 Å². The predicted molar refractivity (Wildman–Crippen MR) is 81.0 cm³/mol. The fraction of sp³-hybridized carbons (Fsp3) is 0.231. The van der Waals surface area contributed by atoms with Crippen LogP contribution in [-0.2, 0) is 0 Å². The summed E-state index contributed by atoms with van der Waals surface area (Å²) in [6.45, 7) is 3.52. The Morgan fingerprint density at radius 2 is 1.72 bits per heavy atom. The first-order valence-electron chi connectivity index (χ1n) is 5.25. The zero-order chi connectivity index (χ0) is 13.4. The van der Waals surface area contributed by atoms with E-state index in [4.69, 9.17) is 23.2 Å². The highest BCUT2D eigenvalue weighted by molar-refractivity contribution is 9.09. The first-order chi connectivity index (χ1) is 8.40. The van der Waals surface area contributed by atoms with Gasteiger partial charge in [0.15, 0.2) is 0 Å². The van der Waals surface area contributed by atoms with Crippen LogP contribution in [0.25, 0.3) is 0 Å². The van der Waals surface area contributed by atoms with Gasteiger partial charge >= 0.3 is 0 Å². The van der Waals surface area contributed by atoms with Gasteiger partial charge in [0, 0.05) is 5.56 Å². The van der Waals surface area contributed by atoms with Crippen LogP contribution in [-0.4, -0.2) is 0 Å². The average Bonchev–Trinajstić information content (AvgIpc) is 2.63. The average molecular weight is 368 g/mol. The Hall–Kier alpha value is -0.0900. The summed E-state index contributed by atoms with van der Waals surface area (Å²) in [5.74, 6) is -0.159. The molecule has 0 amide bonds. The number of benzene rings is 1. The van der Waals surface area contributed by atoms with Crippen molar-refractivity contribution >= 4 is 50.5 Å². The highest BCUT2D eigenvalue weighted by Crippen LogP contribution is 2.42. The van der Waals surface area contributed by atoms with Crippen LogP contribution in [0.5, 0.6) is 0 Å². The van der Waals surface area contributed by atoms with Crippen molar-refractivity contribution in [2.24, 2.45) is 0 Å². The smallest absolute Gasteiger partial charge is 0.129 e. The number of hydrogen-bond acceptors (Lipinski definition) is 1. The molecular weight excluding hydrogens is 358 g/mol. The summed E-state index contributed by atoms with van der Waals surface area (Å²) in [6.07, 6.45) is 0. The van der Waals surface area contributed by atoms with Gasteiger partial charge in [0.2, 0.25) is 0 Å². The van der Waals surface area contributed by atoms with Crippen LogP contribution in [0.4, 0.5) is 4.39 Å². The van der Waals surface area contributed by atoms with Crippen LogP contribution >= 0.6 is 50.5 Å². The van der Waals surface area contributed by atoms with Gasteiger partial charge in [-0.2, -0.15) is 0 Å². The van der Waals surface area contributed by atoms with E-state index in [-0.39, 0.29) is 10.6 Å². The van der Waals surface area contributed by atoms with Gasteiger partial charge < -0.3 is 0 Å². The quantitative estimate of drug-likeness (QED) is 0.546. The molecule has 1 unspecified atom stereocenters. The second-order valence-corrected chi connectivity index (χ2v) is 7.31. The molecule has 0 aliphatic rings. The van der Waals surface area contributed by atoms with Crippen molar-refractivity contribution < 1.29 is 4.39 Å². The molecule has 0 spiro atoms. The Bertz CT molecular complexity index is 572. The molecule has 1 aromatic carbocycles. The molecule has 1 atom stereocenters. The van der Waals surface area contributed by atoms with Gasteiger partial charge in [-0.05, 0) is 36.6 Å². The molecule has 0 fully saturated rings. The van der Waals surface area contributed by atoms with Crippen molar-refractivity contribution in [2.75, 3.05) is 0 Å². The van der Waals surface area contributed by atoms with Gasteiger partial charge in [-0.1, -0.05) is 51.3 Å². The topological polar surface area (TPSA) is 0 Å². The van der Waals surface area contributed by atoms with Crippen LogP contribution < -0.4 is 0 Å². The van der Waals surface area contributed by atoms with E-state index >= 15 is 0 Å². The second kappa shape index (κ2) is 5.49. The van der Waals surface area contributed by atoms with Crippen molar-refractivity contribution in [1.82, 2.24) is 0 Å². The maximum absolute atomic E-state index is 13.6. The molecule has 0 aliphatic carbocycles. The summed E-state index contributed by atoms with van der Waals surface area (Å²) >= 11 is 17.0. The van der Waals surface area contributed by atoms with Gasteiger partial charge in [0.25, 0.3) is 0 Å². The zero-order valence-electron chi connectivity index (χ0n) is 9.73. The molecule has 5 heteroatoms. The minimum Gasteiger partial charge on any atom is -0.206 e. The molecule has 1 heterocycles. The maximum atomic E-state index is 13.6. The first kappa shape index (κ1) is 14.3. The van der Waals surface area contributed by atoms with Crippen LogP contribution in [0, 0.1) is 19.7 Å². The predicted octanol–water partition coefficient (Wildman–Crippen LogP) is 6.30. The minimum absolute atomic E-state index is 0.0771. The van der Waals surface area contributed by atoms with E-state index in [0.717, 1.165) is 11.1 Å². The molecule has 2 rings (SSSR count). The molecule has 18 heavy (non-hydrogen) atoms. The monoisotopic (exact) mass is 366 g/mol. The molecule has 0 N–H and O–H groups in total. The van der Waals surface area contributed by atoms with Crippen LogP contribution in [0.2, 0.25) is 8.67 Å². The normalized spacial score (nSPS) is 12.8. The summed E-state index contributed by atoms with van der Waals surface area (Å²) < 4.78 is 14.9. The lowest BCUT2D eigenvalue weighted by Crippen LogP contribution is -1.96. The standard InChI is InChI=1S/C13H10BrCl2FS/c1-6-3-8(4-7(2)12(6)17)11(14)9-5-10(15)18-13(9)16/h3-5,11H,1-2H3. The fourth-order valence-electron chi connectivity index (χ4n) is 1.83. The van der Waals surface area contributed by atoms with E-state index in [9.17, 15) is 4.39 Å². The van der Waals surface area contributed by atoms with Gasteiger partial charge in [0.1, 0.15) is 5.82 Å². The third-order valence-electron chi connectivity index (χ3n) is 2.71. The summed E-state index contributed by atoms with van der Waals surface area (Å²) in [4.78, 5) is -0.0771.